The molecule has 0 saturated carbocycles. The largest absolute Gasteiger partial charge is 0.478 e. The number of anilines is 1. The van der Waals surface area contributed by atoms with Crippen molar-refractivity contribution in [2.24, 2.45) is 0 Å². The summed E-state index contributed by atoms with van der Waals surface area (Å²) in [6.45, 7) is 2.28. The van der Waals surface area contributed by atoms with Crippen molar-refractivity contribution < 1.29 is 19.6 Å². The van der Waals surface area contributed by atoms with Crippen LogP contribution in [0.15, 0.2) is 48.5 Å². The minimum absolute atomic E-state index is 0.0169. The van der Waals surface area contributed by atoms with E-state index < -0.39 is 10.9 Å². The molecule has 8 heteroatoms. The fourth-order valence-corrected chi connectivity index (χ4v) is 3.07. The van der Waals surface area contributed by atoms with Crippen molar-refractivity contribution >= 4 is 23.3 Å². The topological polar surface area (TPSA) is 104 Å². The number of amides is 1. The number of aromatic carboxylic acids is 1. The number of hydrogen-bond donors (Lipinski definition) is 1. The molecule has 140 valence electrons. The Morgan fingerprint density at radius 1 is 1.04 bits per heavy atom. The summed E-state index contributed by atoms with van der Waals surface area (Å²) in [5.41, 5.74) is 1.79. The molecule has 2 aromatic rings. The lowest BCUT2D eigenvalue weighted by Gasteiger charge is -2.36. The molecule has 8 nitrogen and oxygen atoms in total. The average molecular weight is 369 g/mol. The lowest BCUT2D eigenvalue weighted by atomic mass is 10.1. The Morgan fingerprint density at radius 3 is 2.30 bits per heavy atom. The zero-order valence-electron chi connectivity index (χ0n) is 14.6. The van der Waals surface area contributed by atoms with Crippen molar-refractivity contribution in [3.8, 4) is 0 Å². The normalized spacial score (nSPS) is 14.1. The second-order valence-corrected chi connectivity index (χ2v) is 6.32. The number of carboxylic acids is 1. The molecule has 0 aliphatic carbocycles. The van der Waals surface area contributed by atoms with Gasteiger partial charge in [-0.05, 0) is 23.8 Å². The van der Waals surface area contributed by atoms with Crippen LogP contribution in [0.5, 0.6) is 0 Å². The molecular formula is C19H19N3O5. The van der Waals surface area contributed by atoms with Crippen LogP contribution in [0.1, 0.15) is 15.9 Å². The maximum atomic E-state index is 12.5. The molecule has 0 atom stereocenters. The molecule has 2 aromatic carbocycles. The molecule has 1 amide bonds. The van der Waals surface area contributed by atoms with Crippen molar-refractivity contribution in [2.45, 2.75) is 6.42 Å². The van der Waals surface area contributed by atoms with Crippen LogP contribution >= 0.6 is 0 Å². The zero-order chi connectivity index (χ0) is 19.4. The summed E-state index contributed by atoms with van der Waals surface area (Å²) >= 11 is 0. The zero-order valence-corrected chi connectivity index (χ0v) is 14.6. The Labute approximate surface area is 155 Å². The third kappa shape index (κ3) is 4.41. The molecular weight excluding hydrogens is 350 g/mol. The van der Waals surface area contributed by atoms with E-state index in [1.807, 2.05) is 11.0 Å². The summed E-state index contributed by atoms with van der Waals surface area (Å²) in [6, 6.07) is 12.8. The molecule has 3 rings (SSSR count). The van der Waals surface area contributed by atoms with Gasteiger partial charge in [-0.2, -0.15) is 0 Å². The summed E-state index contributed by atoms with van der Waals surface area (Å²) < 4.78 is 0. The summed E-state index contributed by atoms with van der Waals surface area (Å²) in [4.78, 5) is 37.6. The number of nitro benzene ring substituents is 1. The molecule has 1 fully saturated rings. The highest BCUT2D eigenvalue weighted by Crippen LogP contribution is 2.22. The quantitative estimate of drug-likeness (QED) is 0.640. The highest BCUT2D eigenvalue weighted by atomic mass is 16.6. The second kappa shape index (κ2) is 7.86. The van der Waals surface area contributed by atoms with Gasteiger partial charge in [-0.3, -0.25) is 14.9 Å². The molecule has 0 bridgehead atoms. The van der Waals surface area contributed by atoms with Gasteiger partial charge in [-0.25, -0.2) is 4.79 Å². The van der Waals surface area contributed by atoms with E-state index in [2.05, 4.69) is 0 Å². The third-order valence-electron chi connectivity index (χ3n) is 4.59. The fourth-order valence-electron chi connectivity index (χ4n) is 3.07. The van der Waals surface area contributed by atoms with Gasteiger partial charge in [0.2, 0.25) is 5.91 Å². The molecule has 1 aliphatic heterocycles. The van der Waals surface area contributed by atoms with Crippen molar-refractivity contribution in [3.05, 3.63) is 69.8 Å². The smallest absolute Gasteiger partial charge is 0.335 e. The van der Waals surface area contributed by atoms with E-state index in [9.17, 15) is 19.7 Å². The number of hydrogen-bond acceptors (Lipinski definition) is 5. The Balaban J connectivity index is 1.57. The van der Waals surface area contributed by atoms with Crippen LogP contribution in [0.2, 0.25) is 0 Å². The van der Waals surface area contributed by atoms with Crippen LogP contribution in [-0.2, 0) is 11.2 Å². The standard InChI is InChI=1S/C19H19N3O5/c23-18(12-14-4-6-15(7-5-14)19(24)25)21-10-8-20(9-11-21)16-2-1-3-17(13-16)22(26)27/h1-7,13H,8-12H2,(H,24,25). The van der Waals surface area contributed by atoms with E-state index in [4.69, 9.17) is 5.11 Å². The molecule has 0 spiro atoms. The monoisotopic (exact) mass is 369 g/mol. The molecule has 27 heavy (non-hydrogen) atoms. The van der Waals surface area contributed by atoms with Crippen LogP contribution in [-0.4, -0.2) is 53.0 Å². The lowest BCUT2D eigenvalue weighted by molar-refractivity contribution is -0.384. The van der Waals surface area contributed by atoms with Gasteiger partial charge in [0.05, 0.1) is 16.9 Å². The minimum Gasteiger partial charge on any atom is -0.478 e. The van der Waals surface area contributed by atoms with Gasteiger partial charge in [0.15, 0.2) is 0 Å². The molecule has 0 aromatic heterocycles. The van der Waals surface area contributed by atoms with Gasteiger partial charge >= 0.3 is 5.97 Å². The summed E-state index contributed by atoms with van der Waals surface area (Å²) in [7, 11) is 0. The van der Waals surface area contributed by atoms with Crippen molar-refractivity contribution in [2.75, 3.05) is 31.1 Å². The Hall–Kier alpha value is -3.42. The van der Waals surface area contributed by atoms with Crippen LogP contribution in [0, 0.1) is 10.1 Å². The molecule has 1 saturated heterocycles. The van der Waals surface area contributed by atoms with Crippen molar-refractivity contribution in [1.82, 2.24) is 4.90 Å². The number of carbonyl (C=O) groups is 2. The van der Waals surface area contributed by atoms with Crippen LogP contribution in [0.25, 0.3) is 0 Å². The first-order chi connectivity index (χ1) is 12.9. The molecule has 1 N–H and O–H groups in total. The first kappa shape index (κ1) is 18.4. The summed E-state index contributed by atoms with van der Waals surface area (Å²) in [6.07, 6.45) is 0.219. The number of rotatable bonds is 5. The van der Waals surface area contributed by atoms with Gasteiger partial charge in [0.25, 0.3) is 5.69 Å². The number of nitro groups is 1. The van der Waals surface area contributed by atoms with Crippen molar-refractivity contribution in [1.29, 1.82) is 0 Å². The van der Waals surface area contributed by atoms with E-state index in [0.29, 0.717) is 26.2 Å². The predicted octanol–water partition coefficient (Wildman–Crippen LogP) is 2.18. The molecule has 1 heterocycles. The van der Waals surface area contributed by atoms with Crippen molar-refractivity contribution in [3.63, 3.8) is 0 Å². The highest BCUT2D eigenvalue weighted by Gasteiger charge is 2.22. The van der Waals surface area contributed by atoms with E-state index in [1.165, 1.54) is 18.2 Å². The van der Waals surface area contributed by atoms with E-state index in [-0.39, 0.29) is 23.6 Å². The van der Waals surface area contributed by atoms with Gasteiger partial charge in [-0.15, -0.1) is 0 Å². The Bertz CT molecular complexity index is 858. The first-order valence-corrected chi connectivity index (χ1v) is 8.53. The predicted molar refractivity (Wildman–Crippen MR) is 99.0 cm³/mol. The van der Waals surface area contributed by atoms with E-state index in [1.54, 1.807) is 29.2 Å². The minimum atomic E-state index is -0.995. The number of benzene rings is 2. The summed E-state index contributed by atoms with van der Waals surface area (Å²) in [5.74, 6) is -1.01. The number of non-ortho nitro benzene ring substituents is 1. The fraction of sp³-hybridized carbons (Fsp3) is 0.263. The first-order valence-electron chi connectivity index (χ1n) is 8.53. The van der Waals surface area contributed by atoms with Crippen LogP contribution in [0.3, 0.4) is 0 Å². The Kier molecular flexibility index (Phi) is 5.35. The SMILES string of the molecule is O=C(O)c1ccc(CC(=O)N2CCN(c3cccc([N+](=O)[O-])c3)CC2)cc1. The van der Waals surface area contributed by atoms with E-state index in [0.717, 1.165) is 11.3 Å². The van der Waals surface area contributed by atoms with Gasteiger partial charge in [0, 0.05) is 44.0 Å². The Morgan fingerprint density at radius 2 is 1.70 bits per heavy atom. The summed E-state index contributed by atoms with van der Waals surface area (Å²) in [5, 5.41) is 19.8. The maximum absolute atomic E-state index is 12.5. The van der Waals surface area contributed by atoms with E-state index >= 15 is 0 Å². The average Bonchev–Trinajstić information content (AvgIpc) is 2.68. The van der Waals surface area contributed by atoms with Gasteiger partial charge in [-0.1, -0.05) is 18.2 Å². The molecule has 0 unspecified atom stereocenters. The number of piperazine rings is 1. The van der Waals surface area contributed by atoms with Gasteiger partial charge < -0.3 is 14.9 Å². The number of nitrogens with zero attached hydrogens (tertiary/aromatic N) is 3. The maximum Gasteiger partial charge on any atom is 0.335 e. The number of carboxylic acid groups (broad SMARTS) is 1. The molecule has 0 radical (unpaired) electrons. The van der Waals surface area contributed by atoms with Gasteiger partial charge in [0.1, 0.15) is 0 Å². The van der Waals surface area contributed by atoms with Crippen LogP contribution in [0.4, 0.5) is 11.4 Å². The highest BCUT2D eigenvalue weighted by molar-refractivity contribution is 5.87. The van der Waals surface area contributed by atoms with Crippen LogP contribution < -0.4 is 4.90 Å². The lowest BCUT2D eigenvalue weighted by Crippen LogP contribution is -2.49. The molecule has 1 aliphatic rings. The third-order valence-corrected chi connectivity index (χ3v) is 4.59. The second-order valence-electron chi connectivity index (χ2n) is 6.32. The number of carbonyl (C=O) groups excluding carboxylic acids is 1.